The summed E-state index contributed by atoms with van der Waals surface area (Å²) in [7, 11) is 0. The van der Waals surface area contributed by atoms with E-state index in [2.05, 4.69) is 30.7 Å². The topological polar surface area (TPSA) is 95.2 Å². The van der Waals surface area contributed by atoms with Gasteiger partial charge in [0.25, 0.3) is 5.91 Å². The molecule has 4 rings (SSSR count). The lowest BCUT2D eigenvalue weighted by atomic mass is 10.1. The number of H-pyrrole nitrogens is 1. The molecule has 2 aliphatic heterocycles. The van der Waals surface area contributed by atoms with Crippen molar-refractivity contribution in [3.8, 4) is 0 Å². The van der Waals surface area contributed by atoms with Crippen LogP contribution < -0.4 is 15.5 Å². The molecule has 1 amide bonds. The molecular weight excluding hydrogens is 308 g/mol. The summed E-state index contributed by atoms with van der Waals surface area (Å²) in [5.41, 5.74) is 3.46. The summed E-state index contributed by atoms with van der Waals surface area (Å²) in [6.45, 7) is 4.76. The van der Waals surface area contributed by atoms with Crippen molar-refractivity contribution >= 4 is 17.4 Å². The number of anilines is 2. The standard InChI is InChI=1S/C16H20N6O2/c23-16(15-12-10-17-4-3-13(12)20-21-15)19-14-2-1-11(9-18-14)22-5-7-24-8-6-22/h1-2,9,17H,3-8,10H2,(H,20,21)(H,18,19,23). The number of hydrogen-bond donors (Lipinski definition) is 3. The fraction of sp³-hybridized carbons (Fsp3) is 0.438. The number of carbonyl (C=O) groups excluding carboxylic acids is 1. The van der Waals surface area contributed by atoms with Gasteiger partial charge in [0, 0.05) is 43.9 Å². The van der Waals surface area contributed by atoms with Gasteiger partial charge in [-0.1, -0.05) is 0 Å². The molecule has 0 aliphatic carbocycles. The van der Waals surface area contributed by atoms with E-state index in [4.69, 9.17) is 4.74 Å². The Kier molecular flexibility index (Phi) is 4.14. The van der Waals surface area contributed by atoms with Crippen LogP contribution >= 0.6 is 0 Å². The quantitative estimate of drug-likeness (QED) is 0.761. The minimum Gasteiger partial charge on any atom is -0.378 e. The van der Waals surface area contributed by atoms with Gasteiger partial charge in [-0.15, -0.1) is 0 Å². The van der Waals surface area contributed by atoms with Crippen molar-refractivity contribution in [3.63, 3.8) is 0 Å². The molecule has 0 unspecified atom stereocenters. The number of hydrogen-bond acceptors (Lipinski definition) is 6. The molecule has 1 saturated heterocycles. The molecule has 0 aromatic carbocycles. The highest BCUT2D eigenvalue weighted by atomic mass is 16.5. The molecule has 0 spiro atoms. The Bertz CT molecular complexity index is 721. The Balaban J connectivity index is 1.45. The van der Waals surface area contributed by atoms with E-state index < -0.39 is 0 Å². The van der Waals surface area contributed by atoms with E-state index in [0.29, 0.717) is 18.1 Å². The number of amides is 1. The average molecular weight is 328 g/mol. The zero-order chi connectivity index (χ0) is 16.4. The van der Waals surface area contributed by atoms with Gasteiger partial charge in [-0.25, -0.2) is 4.98 Å². The lowest BCUT2D eigenvalue weighted by Crippen LogP contribution is -2.36. The molecule has 8 nitrogen and oxygen atoms in total. The largest absolute Gasteiger partial charge is 0.378 e. The maximum absolute atomic E-state index is 12.4. The van der Waals surface area contributed by atoms with E-state index >= 15 is 0 Å². The molecule has 24 heavy (non-hydrogen) atoms. The number of ether oxygens (including phenoxy) is 1. The average Bonchev–Trinajstić information content (AvgIpc) is 3.07. The van der Waals surface area contributed by atoms with Crippen LogP contribution in [0.3, 0.4) is 0 Å². The van der Waals surface area contributed by atoms with Gasteiger partial charge < -0.3 is 20.3 Å². The van der Waals surface area contributed by atoms with Crippen LogP contribution in [0.25, 0.3) is 0 Å². The second-order valence-corrected chi connectivity index (χ2v) is 5.91. The van der Waals surface area contributed by atoms with Gasteiger partial charge in [0.15, 0.2) is 5.69 Å². The highest BCUT2D eigenvalue weighted by molar-refractivity contribution is 6.03. The van der Waals surface area contributed by atoms with Gasteiger partial charge in [-0.3, -0.25) is 9.89 Å². The predicted molar refractivity (Wildman–Crippen MR) is 89.2 cm³/mol. The summed E-state index contributed by atoms with van der Waals surface area (Å²) in [5.74, 6) is 0.292. The molecule has 2 aliphatic rings. The maximum atomic E-state index is 12.4. The molecule has 2 aromatic rings. The number of aromatic amines is 1. The van der Waals surface area contributed by atoms with Crippen LogP contribution in [0, 0.1) is 0 Å². The molecule has 0 radical (unpaired) electrons. The van der Waals surface area contributed by atoms with Crippen LogP contribution in [-0.4, -0.2) is 53.9 Å². The van der Waals surface area contributed by atoms with E-state index in [0.717, 1.165) is 56.2 Å². The number of rotatable bonds is 3. The number of pyridine rings is 1. The SMILES string of the molecule is O=C(Nc1ccc(N2CCOCC2)cn1)c1n[nH]c2c1CNCC2. The van der Waals surface area contributed by atoms with Crippen molar-refractivity contribution < 1.29 is 9.53 Å². The molecule has 126 valence electrons. The first kappa shape index (κ1) is 15.1. The predicted octanol–water partition coefficient (Wildman–Crippen LogP) is 0.539. The molecule has 3 N–H and O–H groups in total. The summed E-state index contributed by atoms with van der Waals surface area (Å²) in [5, 5.41) is 13.2. The number of morpholine rings is 1. The molecule has 0 saturated carbocycles. The number of carbonyl (C=O) groups is 1. The third-order valence-corrected chi connectivity index (χ3v) is 4.39. The minimum absolute atomic E-state index is 0.233. The van der Waals surface area contributed by atoms with Crippen LogP contribution in [0.1, 0.15) is 21.7 Å². The second-order valence-electron chi connectivity index (χ2n) is 5.91. The van der Waals surface area contributed by atoms with Crippen molar-refractivity contribution in [2.24, 2.45) is 0 Å². The zero-order valence-electron chi connectivity index (χ0n) is 13.3. The Labute approximate surface area is 139 Å². The lowest BCUT2D eigenvalue weighted by Gasteiger charge is -2.28. The first-order valence-electron chi connectivity index (χ1n) is 8.18. The van der Waals surface area contributed by atoms with E-state index in [9.17, 15) is 4.79 Å². The van der Waals surface area contributed by atoms with Gasteiger partial charge in [0.2, 0.25) is 0 Å². The Morgan fingerprint density at radius 3 is 2.96 bits per heavy atom. The molecule has 8 heteroatoms. The fourth-order valence-electron chi connectivity index (χ4n) is 3.06. The van der Waals surface area contributed by atoms with Crippen molar-refractivity contribution in [1.29, 1.82) is 0 Å². The van der Waals surface area contributed by atoms with Crippen LogP contribution in [0.15, 0.2) is 18.3 Å². The van der Waals surface area contributed by atoms with Gasteiger partial charge >= 0.3 is 0 Å². The fourth-order valence-corrected chi connectivity index (χ4v) is 3.06. The Hall–Kier alpha value is -2.45. The monoisotopic (exact) mass is 328 g/mol. The van der Waals surface area contributed by atoms with Crippen molar-refractivity contribution in [3.05, 3.63) is 35.3 Å². The minimum atomic E-state index is -0.233. The molecule has 0 atom stereocenters. The van der Waals surface area contributed by atoms with E-state index in [1.54, 1.807) is 6.20 Å². The van der Waals surface area contributed by atoms with Gasteiger partial charge in [-0.05, 0) is 12.1 Å². The van der Waals surface area contributed by atoms with Crippen LogP contribution in [0.2, 0.25) is 0 Å². The third-order valence-electron chi connectivity index (χ3n) is 4.39. The summed E-state index contributed by atoms with van der Waals surface area (Å²) in [4.78, 5) is 19.0. The number of aromatic nitrogens is 3. The van der Waals surface area contributed by atoms with E-state index in [1.165, 1.54) is 0 Å². The van der Waals surface area contributed by atoms with E-state index in [1.807, 2.05) is 12.1 Å². The summed E-state index contributed by atoms with van der Waals surface area (Å²) in [6, 6.07) is 3.79. The molecule has 1 fully saturated rings. The van der Waals surface area contributed by atoms with Crippen molar-refractivity contribution in [2.45, 2.75) is 13.0 Å². The smallest absolute Gasteiger partial charge is 0.277 e. The van der Waals surface area contributed by atoms with Crippen LogP contribution in [-0.2, 0) is 17.7 Å². The zero-order valence-corrected chi connectivity index (χ0v) is 13.3. The van der Waals surface area contributed by atoms with E-state index in [-0.39, 0.29) is 5.91 Å². The number of nitrogens with one attached hydrogen (secondary N) is 3. The van der Waals surface area contributed by atoms with Gasteiger partial charge in [0.1, 0.15) is 5.82 Å². The van der Waals surface area contributed by atoms with Crippen LogP contribution in [0.5, 0.6) is 0 Å². The first-order valence-corrected chi connectivity index (χ1v) is 8.18. The molecule has 2 aromatic heterocycles. The maximum Gasteiger partial charge on any atom is 0.277 e. The van der Waals surface area contributed by atoms with Crippen LogP contribution in [0.4, 0.5) is 11.5 Å². The lowest BCUT2D eigenvalue weighted by molar-refractivity contribution is 0.102. The molecular formula is C16H20N6O2. The van der Waals surface area contributed by atoms with Crippen molar-refractivity contribution in [1.82, 2.24) is 20.5 Å². The highest BCUT2D eigenvalue weighted by Crippen LogP contribution is 2.19. The second kappa shape index (κ2) is 6.58. The Morgan fingerprint density at radius 2 is 2.17 bits per heavy atom. The van der Waals surface area contributed by atoms with Crippen molar-refractivity contribution in [2.75, 3.05) is 43.1 Å². The Morgan fingerprint density at radius 1 is 1.29 bits per heavy atom. The summed E-state index contributed by atoms with van der Waals surface area (Å²) >= 11 is 0. The summed E-state index contributed by atoms with van der Waals surface area (Å²) in [6.07, 6.45) is 2.64. The van der Waals surface area contributed by atoms with Gasteiger partial charge in [0.05, 0.1) is 25.1 Å². The highest BCUT2D eigenvalue weighted by Gasteiger charge is 2.22. The summed E-state index contributed by atoms with van der Waals surface area (Å²) < 4.78 is 5.35. The normalized spacial score (nSPS) is 17.4. The molecule has 0 bridgehead atoms. The van der Waals surface area contributed by atoms with Gasteiger partial charge in [-0.2, -0.15) is 5.10 Å². The number of fused-ring (bicyclic) bond motifs is 1. The number of nitrogens with zero attached hydrogens (tertiary/aromatic N) is 3. The third kappa shape index (κ3) is 2.98. The first-order chi connectivity index (χ1) is 11.8. The molecule has 4 heterocycles.